The first-order chi connectivity index (χ1) is 11.6. The number of nitrogens with zero attached hydrogens (tertiary/aromatic N) is 1. The van der Waals surface area contributed by atoms with Gasteiger partial charge in [0.05, 0.1) is 19.1 Å². The summed E-state index contributed by atoms with van der Waals surface area (Å²) in [4.78, 5) is 16.1. The number of hydrogen-bond acceptors (Lipinski definition) is 3. The number of aromatic nitrogens is 1. The molecule has 0 aliphatic heterocycles. The molecule has 1 fully saturated rings. The second-order valence-corrected chi connectivity index (χ2v) is 6.27. The average Bonchev–Trinajstić information content (AvgIpc) is 3.38. The Kier molecular flexibility index (Phi) is 5.08. The molecule has 3 rings (SSSR count). The summed E-state index contributed by atoms with van der Waals surface area (Å²) in [5, 5.41) is 2.88. The van der Waals surface area contributed by atoms with Crippen molar-refractivity contribution < 1.29 is 13.9 Å². The highest BCUT2D eigenvalue weighted by atomic mass is 19.1. The van der Waals surface area contributed by atoms with E-state index in [0.29, 0.717) is 18.1 Å². The Balaban J connectivity index is 1.56. The van der Waals surface area contributed by atoms with E-state index in [1.54, 1.807) is 30.6 Å². The zero-order chi connectivity index (χ0) is 16.9. The Morgan fingerprint density at radius 3 is 2.92 bits per heavy atom. The summed E-state index contributed by atoms with van der Waals surface area (Å²) in [7, 11) is 0. The molecule has 0 saturated heterocycles. The second kappa shape index (κ2) is 7.43. The van der Waals surface area contributed by atoms with Crippen LogP contribution in [0, 0.1) is 11.7 Å². The number of amides is 1. The van der Waals surface area contributed by atoms with Gasteiger partial charge in [0.25, 0.3) is 0 Å². The Bertz CT molecular complexity index is 702. The van der Waals surface area contributed by atoms with Crippen molar-refractivity contribution in [3.63, 3.8) is 0 Å². The standard InChI is InChI=1S/C19H21FN2O2/c1-13(22-19(23)9-15-3-2-8-21-11-15)16-6-7-18(17(20)10-16)24-12-14-4-5-14/h2-3,6-8,10-11,13-14H,4-5,9,12H2,1H3,(H,22,23). The summed E-state index contributed by atoms with van der Waals surface area (Å²) in [6, 6.07) is 8.22. The topological polar surface area (TPSA) is 51.2 Å². The van der Waals surface area contributed by atoms with Crippen molar-refractivity contribution in [2.45, 2.75) is 32.2 Å². The summed E-state index contributed by atoms with van der Waals surface area (Å²) in [6.45, 7) is 2.41. The van der Waals surface area contributed by atoms with Crippen LogP contribution in [0.3, 0.4) is 0 Å². The summed E-state index contributed by atoms with van der Waals surface area (Å²) in [6.07, 6.45) is 5.91. The highest BCUT2D eigenvalue weighted by Crippen LogP contribution is 2.30. The molecule has 2 aromatic rings. The van der Waals surface area contributed by atoms with E-state index in [1.807, 2.05) is 13.0 Å². The lowest BCUT2D eigenvalue weighted by atomic mass is 10.1. The van der Waals surface area contributed by atoms with Gasteiger partial charge in [-0.1, -0.05) is 12.1 Å². The minimum atomic E-state index is -0.387. The van der Waals surface area contributed by atoms with Crippen LogP contribution >= 0.6 is 0 Å². The van der Waals surface area contributed by atoms with Gasteiger partial charge in [-0.2, -0.15) is 0 Å². The summed E-state index contributed by atoms with van der Waals surface area (Å²) in [5.41, 5.74) is 1.56. The number of hydrogen-bond donors (Lipinski definition) is 1. The molecule has 0 radical (unpaired) electrons. The monoisotopic (exact) mass is 328 g/mol. The van der Waals surface area contributed by atoms with Gasteiger partial charge >= 0.3 is 0 Å². The molecule has 1 unspecified atom stereocenters. The smallest absolute Gasteiger partial charge is 0.224 e. The Labute approximate surface area is 141 Å². The van der Waals surface area contributed by atoms with E-state index in [4.69, 9.17) is 4.74 Å². The third-order valence-electron chi connectivity index (χ3n) is 4.09. The fourth-order valence-corrected chi connectivity index (χ4v) is 2.46. The molecule has 1 aromatic heterocycles. The van der Waals surface area contributed by atoms with Crippen LogP contribution in [0.15, 0.2) is 42.7 Å². The van der Waals surface area contributed by atoms with E-state index in [0.717, 1.165) is 5.56 Å². The Morgan fingerprint density at radius 2 is 2.25 bits per heavy atom. The maximum absolute atomic E-state index is 14.1. The zero-order valence-corrected chi connectivity index (χ0v) is 13.7. The van der Waals surface area contributed by atoms with Crippen molar-refractivity contribution in [3.8, 4) is 5.75 Å². The van der Waals surface area contributed by atoms with Gasteiger partial charge in [0.1, 0.15) is 0 Å². The van der Waals surface area contributed by atoms with Crippen molar-refractivity contribution in [3.05, 3.63) is 59.7 Å². The first kappa shape index (κ1) is 16.4. The minimum absolute atomic E-state index is 0.120. The number of rotatable bonds is 7. The van der Waals surface area contributed by atoms with Crippen molar-refractivity contribution in [1.29, 1.82) is 0 Å². The molecule has 1 saturated carbocycles. The maximum atomic E-state index is 14.1. The molecular formula is C19H21FN2O2. The molecule has 0 spiro atoms. The quantitative estimate of drug-likeness (QED) is 0.847. The van der Waals surface area contributed by atoms with E-state index in [9.17, 15) is 9.18 Å². The average molecular weight is 328 g/mol. The first-order valence-electron chi connectivity index (χ1n) is 8.22. The second-order valence-electron chi connectivity index (χ2n) is 6.27. The van der Waals surface area contributed by atoms with Crippen LogP contribution in [-0.4, -0.2) is 17.5 Å². The largest absolute Gasteiger partial charge is 0.490 e. The molecule has 5 heteroatoms. The highest BCUT2D eigenvalue weighted by Gasteiger charge is 2.22. The van der Waals surface area contributed by atoms with Crippen molar-refractivity contribution in [1.82, 2.24) is 10.3 Å². The third-order valence-corrected chi connectivity index (χ3v) is 4.09. The van der Waals surface area contributed by atoms with Crippen molar-refractivity contribution in [2.75, 3.05) is 6.61 Å². The van der Waals surface area contributed by atoms with Gasteiger partial charge in [-0.25, -0.2) is 4.39 Å². The van der Waals surface area contributed by atoms with Crippen LogP contribution in [-0.2, 0) is 11.2 Å². The van der Waals surface area contributed by atoms with Crippen molar-refractivity contribution >= 4 is 5.91 Å². The zero-order valence-electron chi connectivity index (χ0n) is 13.7. The molecule has 0 bridgehead atoms. The van der Waals surface area contributed by atoms with E-state index >= 15 is 0 Å². The number of pyridine rings is 1. The van der Waals surface area contributed by atoms with Gasteiger partial charge in [-0.3, -0.25) is 9.78 Å². The molecule has 1 aromatic carbocycles. The van der Waals surface area contributed by atoms with Crippen LogP contribution in [0.5, 0.6) is 5.75 Å². The predicted molar refractivity (Wildman–Crippen MR) is 89.1 cm³/mol. The van der Waals surface area contributed by atoms with E-state index < -0.39 is 0 Å². The van der Waals surface area contributed by atoms with Crippen LogP contribution in [0.2, 0.25) is 0 Å². The van der Waals surface area contributed by atoms with Gasteiger partial charge in [-0.05, 0) is 55.0 Å². The fourth-order valence-electron chi connectivity index (χ4n) is 2.46. The molecule has 126 valence electrons. The van der Waals surface area contributed by atoms with Crippen LogP contribution in [0.25, 0.3) is 0 Å². The normalized spacial score (nSPS) is 14.9. The number of halogens is 1. The number of carbonyl (C=O) groups is 1. The molecule has 1 amide bonds. The van der Waals surface area contributed by atoms with Crippen LogP contribution in [0.4, 0.5) is 4.39 Å². The number of benzene rings is 1. The van der Waals surface area contributed by atoms with E-state index in [2.05, 4.69) is 10.3 Å². The number of nitrogens with one attached hydrogen (secondary N) is 1. The van der Waals surface area contributed by atoms with Gasteiger partial charge in [0.2, 0.25) is 5.91 Å². The van der Waals surface area contributed by atoms with Crippen LogP contribution in [0.1, 0.15) is 36.9 Å². The van der Waals surface area contributed by atoms with Crippen molar-refractivity contribution in [2.24, 2.45) is 5.92 Å². The molecule has 1 aliphatic rings. The molecule has 1 atom stereocenters. The van der Waals surface area contributed by atoms with Crippen LogP contribution < -0.4 is 10.1 Å². The molecule has 1 N–H and O–H groups in total. The highest BCUT2D eigenvalue weighted by molar-refractivity contribution is 5.78. The lowest BCUT2D eigenvalue weighted by molar-refractivity contribution is -0.121. The predicted octanol–water partition coefficient (Wildman–Crippen LogP) is 3.43. The Morgan fingerprint density at radius 1 is 1.42 bits per heavy atom. The summed E-state index contributed by atoms with van der Waals surface area (Å²) >= 11 is 0. The fraction of sp³-hybridized carbons (Fsp3) is 0.368. The SMILES string of the molecule is CC(NC(=O)Cc1cccnc1)c1ccc(OCC2CC2)c(F)c1. The molecule has 1 aliphatic carbocycles. The first-order valence-corrected chi connectivity index (χ1v) is 8.22. The van der Waals surface area contributed by atoms with Gasteiger partial charge < -0.3 is 10.1 Å². The summed E-state index contributed by atoms with van der Waals surface area (Å²) < 4.78 is 19.6. The third kappa shape index (κ3) is 4.54. The summed E-state index contributed by atoms with van der Waals surface area (Å²) in [5.74, 6) is 0.348. The van der Waals surface area contributed by atoms with Gasteiger partial charge in [0.15, 0.2) is 11.6 Å². The minimum Gasteiger partial charge on any atom is -0.490 e. The van der Waals surface area contributed by atoms with Gasteiger partial charge in [-0.15, -0.1) is 0 Å². The molecule has 24 heavy (non-hydrogen) atoms. The molecule has 4 nitrogen and oxygen atoms in total. The number of ether oxygens (including phenoxy) is 1. The van der Waals surface area contributed by atoms with Gasteiger partial charge in [0, 0.05) is 12.4 Å². The lowest BCUT2D eigenvalue weighted by Crippen LogP contribution is -2.28. The maximum Gasteiger partial charge on any atom is 0.224 e. The van der Waals surface area contributed by atoms with E-state index in [-0.39, 0.29) is 29.9 Å². The Hall–Kier alpha value is -2.43. The number of carbonyl (C=O) groups excluding carboxylic acids is 1. The molecule has 1 heterocycles. The lowest BCUT2D eigenvalue weighted by Gasteiger charge is -2.15. The van der Waals surface area contributed by atoms with E-state index in [1.165, 1.54) is 18.9 Å². The molecular weight excluding hydrogens is 307 g/mol.